The largest absolute Gasteiger partial charge is 0.452 e. The van der Waals surface area contributed by atoms with Crippen LogP contribution in [-0.4, -0.2) is 23.4 Å². The summed E-state index contributed by atoms with van der Waals surface area (Å²) in [6, 6.07) is 0. The molecule has 0 amide bonds. The van der Waals surface area contributed by atoms with Crippen LogP contribution in [0.4, 0.5) is 0 Å². The molecule has 0 rings (SSSR count). The lowest BCUT2D eigenvalue weighted by Gasteiger charge is -2.09. The summed E-state index contributed by atoms with van der Waals surface area (Å²) in [7, 11) is -3.27. The number of rotatable bonds is 6. The number of unbranched alkanes of at least 4 members (excludes halogenated alkanes) is 1. The molecule has 0 saturated carbocycles. The fourth-order valence-corrected chi connectivity index (χ4v) is 1.96. The number of hydrogen-bond donors (Lipinski definition) is 1. The molecule has 0 bridgehead atoms. The molecule has 0 heterocycles. The summed E-state index contributed by atoms with van der Waals surface area (Å²) in [5.74, 6) is -0.661. The molecule has 76 valence electrons. The zero-order valence-corrected chi connectivity index (χ0v) is 8.63. The second kappa shape index (κ2) is 5.95. The third-order valence-electron chi connectivity index (χ3n) is 1.44. The zero-order valence-electron chi connectivity index (χ0n) is 7.73. The molecular formula is C8H15O4P. The molecule has 1 atom stereocenters. The monoisotopic (exact) mass is 206 g/mol. The fourth-order valence-electron chi connectivity index (χ4n) is 0.693. The predicted molar refractivity (Wildman–Crippen MR) is 50.8 cm³/mol. The van der Waals surface area contributed by atoms with Crippen LogP contribution in [0.5, 0.6) is 0 Å². The second-order valence-electron chi connectivity index (χ2n) is 2.72. The minimum absolute atomic E-state index is 0.202. The van der Waals surface area contributed by atoms with Crippen molar-refractivity contribution in [3.63, 3.8) is 0 Å². The summed E-state index contributed by atoms with van der Waals surface area (Å²) >= 11 is 0. The maximum absolute atomic E-state index is 11.2. The molecule has 5 heteroatoms. The Morgan fingerprint density at radius 1 is 1.69 bits per heavy atom. The zero-order chi connectivity index (χ0) is 10.3. The smallest absolute Gasteiger partial charge is 0.330 e. The lowest BCUT2D eigenvalue weighted by molar-refractivity contribution is -0.136. The molecule has 0 radical (unpaired) electrons. The predicted octanol–water partition coefficient (Wildman–Crippen LogP) is 1.74. The van der Waals surface area contributed by atoms with Crippen molar-refractivity contribution >= 4 is 13.3 Å². The average molecular weight is 206 g/mol. The van der Waals surface area contributed by atoms with Crippen molar-refractivity contribution in [2.24, 2.45) is 0 Å². The van der Waals surface area contributed by atoms with E-state index in [0.29, 0.717) is 6.42 Å². The summed E-state index contributed by atoms with van der Waals surface area (Å²) in [5.41, 5.74) is 0. The Labute approximate surface area is 78.0 Å². The van der Waals surface area contributed by atoms with Crippen molar-refractivity contribution in [3.05, 3.63) is 12.7 Å². The Hall–Kier alpha value is -0.600. The van der Waals surface area contributed by atoms with Crippen molar-refractivity contribution in [1.29, 1.82) is 0 Å². The van der Waals surface area contributed by atoms with Crippen LogP contribution < -0.4 is 0 Å². The Morgan fingerprint density at radius 2 is 2.31 bits per heavy atom. The Morgan fingerprint density at radius 3 is 2.77 bits per heavy atom. The van der Waals surface area contributed by atoms with E-state index < -0.39 is 19.7 Å². The summed E-state index contributed by atoms with van der Waals surface area (Å²) in [5, 5.41) is 0. The summed E-state index contributed by atoms with van der Waals surface area (Å²) in [6.07, 6.45) is 2.28. The Balaban J connectivity index is 3.81. The highest BCUT2D eigenvalue weighted by atomic mass is 31.2. The van der Waals surface area contributed by atoms with Gasteiger partial charge < -0.3 is 9.63 Å². The van der Waals surface area contributed by atoms with Gasteiger partial charge in [0.05, 0.1) is 0 Å². The number of carbonyl (C=O) groups excluding carboxylic acids is 1. The summed E-state index contributed by atoms with van der Waals surface area (Å²) in [4.78, 5) is 19.8. The van der Waals surface area contributed by atoms with Crippen molar-refractivity contribution in [1.82, 2.24) is 0 Å². The van der Waals surface area contributed by atoms with Gasteiger partial charge in [0, 0.05) is 12.2 Å². The van der Waals surface area contributed by atoms with E-state index in [1.165, 1.54) is 0 Å². The van der Waals surface area contributed by atoms with Crippen LogP contribution in [0.25, 0.3) is 0 Å². The number of ether oxygens (including phenoxy) is 1. The molecule has 0 aliphatic rings. The molecule has 4 nitrogen and oxygen atoms in total. The quantitative estimate of drug-likeness (QED) is 0.408. The minimum atomic E-state index is -3.27. The van der Waals surface area contributed by atoms with E-state index in [2.05, 4.69) is 11.3 Å². The lowest BCUT2D eigenvalue weighted by Crippen LogP contribution is -2.04. The van der Waals surface area contributed by atoms with Crippen LogP contribution in [0.2, 0.25) is 0 Å². The van der Waals surface area contributed by atoms with Crippen LogP contribution in [-0.2, 0) is 14.1 Å². The van der Waals surface area contributed by atoms with Crippen LogP contribution >= 0.6 is 7.37 Å². The lowest BCUT2D eigenvalue weighted by atomic mass is 10.4. The minimum Gasteiger partial charge on any atom is -0.452 e. The number of carbonyl (C=O) groups is 1. The van der Waals surface area contributed by atoms with Gasteiger partial charge in [0.2, 0.25) is 7.37 Å². The summed E-state index contributed by atoms with van der Waals surface area (Å²) in [6.45, 7) is 5.10. The molecule has 0 spiro atoms. The molecular weight excluding hydrogens is 191 g/mol. The van der Waals surface area contributed by atoms with E-state index in [0.717, 1.165) is 12.5 Å². The Kier molecular flexibility index (Phi) is 5.67. The van der Waals surface area contributed by atoms with E-state index in [9.17, 15) is 14.3 Å². The molecule has 0 saturated heterocycles. The normalized spacial score (nSPS) is 14.6. The van der Waals surface area contributed by atoms with Gasteiger partial charge in [-0.3, -0.25) is 4.57 Å². The van der Waals surface area contributed by atoms with E-state index in [4.69, 9.17) is 0 Å². The average Bonchev–Trinajstić information content (AvgIpc) is 2.11. The second-order valence-corrected chi connectivity index (χ2v) is 5.12. The van der Waals surface area contributed by atoms with Crippen molar-refractivity contribution in [3.8, 4) is 0 Å². The number of esters is 1. The maximum atomic E-state index is 11.2. The van der Waals surface area contributed by atoms with Gasteiger partial charge >= 0.3 is 5.97 Å². The molecule has 0 fully saturated rings. The van der Waals surface area contributed by atoms with E-state index >= 15 is 0 Å². The van der Waals surface area contributed by atoms with Crippen LogP contribution in [0.1, 0.15) is 19.8 Å². The van der Waals surface area contributed by atoms with Crippen molar-refractivity contribution in [2.45, 2.75) is 19.8 Å². The van der Waals surface area contributed by atoms with Crippen molar-refractivity contribution < 1.29 is 19.0 Å². The van der Waals surface area contributed by atoms with Gasteiger partial charge in [0.1, 0.15) is 0 Å². The van der Waals surface area contributed by atoms with E-state index in [1.54, 1.807) is 0 Å². The highest BCUT2D eigenvalue weighted by Crippen LogP contribution is 2.41. The first-order valence-electron chi connectivity index (χ1n) is 4.12. The molecule has 0 aliphatic heterocycles. The SMILES string of the molecule is C=CC(=O)OCP(=O)(O)CCCC. The highest BCUT2D eigenvalue weighted by Gasteiger charge is 2.18. The van der Waals surface area contributed by atoms with Gasteiger partial charge in [-0.05, 0) is 6.42 Å². The first-order valence-corrected chi connectivity index (χ1v) is 6.15. The first kappa shape index (κ1) is 12.4. The number of hydrogen-bond acceptors (Lipinski definition) is 3. The van der Waals surface area contributed by atoms with Gasteiger partial charge in [0.25, 0.3) is 0 Å². The standard InChI is InChI=1S/C8H15O4P/c1-3-5-6-13(10,11)7-12-8(9)4-2/h4H,2-3,5-7H2,1H3,(H,10,11). The van der Waals surface area contributed by atoms with Crippen molar-refractivity contribution in [2.75, 3.05) is 12.5 Å². The maximum Gasteiger partial charge on any atom is 0.330 e. The van der Waals surface area contributed by atoms with Gasteiger partial charge in [-0.1, -0.05) is 19.9 Å². The van der Waals surface area contributed by atoms with Gasteiger partial charge in [-0.25, -0.2) is 4.79 Å². The van der Waals surface area contributed by atoms with E-state index in [-0.39, 0.29) is 6.16 Å². The fraction of sp³-hybridized carbons (Fsp3) is 0.625. The third kappa shape index (κ3) is 6.55. The molecule has 13 heavy (non-hydrogen) atoms. The summed E-state index contributed by atoms with van der Waals surface area (Å²) < 4.78 is 15.7. The molecule has 0 aromatic rings. The van der Waals surface area contributed by atoms with E-state index in [1.807, 2.05) is 6.92 Å². The van der Waals surface area contributed by atoms with Crippen LogP contribution in [0, 0.1) is 0 Å². The van der Waals surface area contributed by atoms with Crippen LogP contribution in [0.15, 0.2) is 12.7 Å². The van der Waals surface area contributed by atoms with Crippen LogP contribution in [0.3, 0.4) is 0 Å². The van der Waals surface area contributed by atoms with Gasteiger partial charge in [-0.2, -0.15) is 0 Å². The molecule has 0 aromatic carbocycles. The molecule has 1 N–H and O–H groups in total. The molecule has 1 unspecified atom stereocenters. The molecule has 0 aromatic heterocycles. The third-order valence-corrected chi connectivity index (χ3v) is 2.98. The van der Waals surface area contributed by atoms with Gasteiger partial charge in [-0.15, -0.1) is 0 Å². The topological polar surface area (TPSA) is 63.6 Å². The highest BCUT2D eigenvalue weighted by molar-refractivity contribution is 7.57. The molecule has 0 aliphatic carbocycles. The first-order chi connectivity index (χ1) is 6.02. The Bertz CT molecular complexity index is 224. The van der Waals surface area contributed by atoms with Gasteiger partial charge in [0.15, 0.2) is 6.35 Å².